The maximum absolute atomic E-state index is 12.5. The van der Waals surface area contributed by atoms with E-state index in [4.69, 9.17) is 18.0 Å². The number of carbonyl (C=O) groups is 1. The summed E-state index contributed by atoms with van der Waals surface area (Å²) in [4.78, 5) is 12.9. The van der Waals surface area contributed by atoms with Crippen LogP contribution in [0.4, 0.5) is 0 Å². The Balaban J connectivity index is 1.80. The molecule has 3 nitrogen and oxygen atoms in total. The highest BCUT2D eigenvalue weighted by Crippen LogP contribution is 2.30. The van der Waals surface area contributed by atoms with Crippen molar-refractivity contribution in [3.05, 3.63) is 34.9 Å². The van der Waals surface area contributed by atoms with Crippen molar-refractivity contribution >= 4 is 23.1 Å². The zero-order valence-corrected chi connectivity index (χ0v) is 12.4. The van der Waals surface area contributed by atoms with Gasteiger partial charge in [0.1, 0.15) is 0 Å². The van der Waals surface area contributed by atoms with Crippen molar-refractivity contribution in [2.24, 2.45) is 5.73 Å². The summed E-state index contributed by atoms with van der Waals surface area (Å²) in [6.07, 6.45) is 7.27. The molecule has 0 radical (unpaired) electrons. The summed E-state index contributed by atoms with van der Waals surface area (Å²) >= 11 is 5.18. The molecule has 2 aliphatic carbocycles. The average molecular weight is 288 g/mol. The van der Waals surface area contributed by atoms with Gasteiger partial charge in [-0.3, -0.25) is 4.79 Å². The van der Waals surface area contributed by atoms with Crippen LogP contribution in [0, 0.1) is 0 Å². The molecule has 0 bridgehead atoms. The molecule has 0 unspecified atom stereocenters. The van der Waals surface area contributed by atoms with Crippen LogP contribution in [-0.4, -0.2) is 16.4 Å². The minimum Gasteiger partial charge on any atom is -0.391 e. The topological polar surface area (TPSA) is 55.1 Å². The van der Waals surface area contributed by atoms with Crippen molar-refractivity contribution in [2.45, 2.75) is 50.5 Å². The molecular formula is C16H20N2OS. The lowest BCUT2D eigenvalue weighted by Gasteiger charge is -2.29. The second-order valence-corrected chi connectivity index (χ2v) is 6.38. The largest absolute Gasteiger partial charge is 0.391 e. The van der Waals surface area contributed by atoms with E-state index in [0.717, 1.165) is 44.1 Å². The summed E-state index contributed by atoms with van der Waals surface area (Å²) in [5, 5.41) is 3.09. The third-order valence-corrected chi connectivity index (χ3v) is 5.03. The molecule has 0 aromatic heterocycles. The van der Waals surface area contributed by atoms with Crippen LogP contribution in [0.15, 0.2) is 18.2 Å². The number of hydrogen-bond donors (Lipinski definition) is 2. The van der Waals surface area contributed by atoms with Gasteiger partial charge in [0.25, 0.3) is 5.91 Å². The molecule has 0 atom stereocenters. The van der Waals surface area contributed by atoms with Crippen molar-refractivity contribution in [1.29, 1.82) is 0 Å². The van der Waals surface area contributed by atoms with Gasteiger partial charge in [-0.1, -0.05) is 31.1 Å². The lowest BCUT2D eigenvalue weighted by molar-refractivity contribution is 0.0924. The third kappa shape index (κ3) is 2.33. The van der Waals surface area contributed by atoms with Gasteiger partial charge in [0.2, 0.25) is 0 Å². The summed E-state index contributed by atoms with van der Waals surface area (Å²) in [5.74, 6) is -0.0469. The monoisotopic (exact) mass is 288 g/mol. The van der Waals surface area contributed by atoms with E-state index in [1.54, 1.807) is 0 Å². The molecule has 2 aliphatic rings. The Morgan fingerprint density at radius 2 is 1.85 bits per heavy atom. The van der Waals surface area contributed by atoms with Gasteiger partial charge in [-0.2, -0.15) is 0 Å². The second-order valence-electron chi connectivity index (χ2n) is 5.94. The lowest BCUT2D eigenvalue weighted by atomic mass is 9.96. The molecule has 0 saturated heterocycles. The van der Waals surface area contributed by atoms with Crippen LogP contribution in [0.25, 0.3) is 0 Å². The predicted molar refractivity (Wildman–Crippen MR) is 83.9 cm³/mol. The number of carbonyl (C=O) groups excluding carboxylic acids is 1. The number of nitrogens with two attached hydrogens (primary N) is 1. The molecule has 0 aliphatic heterocycles. The number of thiocarbonyl (C=S) groups is 1. The standard InChI is InChI=1S/C16H20N2OS/c17-15(20)16(8-1-2-9-16)18-14(19)13-7-6-11-4-3-5-12(11)10-13/h6-7,10H,1-5,8-9H2,(H2,17,20)(H,18,19). The molecule has 1 amide bonds. The van der Waals surface area contributed by atoms with Crippen LogP contribution < -0.4 is 11.1 Å². The Morgan fingerprint density at radius 3 is 2.55 bits per heavy atom. The van der Waals surface area contributed by atoms with Crippen LogP contribution in [0.5, 0.6) is 0 Å². The number of aryl methyl sites for hydroxylation is 2. The van der Waals surface area contributed by atoms with Gasteiger partial charge in [-0.05, 0) is 55.4 Å². The molecule has 3 N–H and O–H groups in total. The number of benzene rings is 1. The molecule has 1 fully saturated rings. The summed E-state index contributed by atoms with van der Waals surface area (Å²) in [7, 11) is 0. The van der Waals surface area contributed by atoms with E-state index in [0.29, 0.717) is 4.99 Å². The van der Waals surface area contributed by atoms with Crippen molar-refractivity contribution in [1.82, 2.24) is 5.32 Å². The van der Waals surface area contributed by atoms with E-state index in [1.807, 2.05) is 12.1 Å². The Hall–Kier alpha value is -1.42. The third-order valence-electron chi connectivity index (χ3n) is 4.64. The quantitative estimate of drug-likeness (QED) is 0.840. The predicted octanol–water partition coefficient (Wildman–Crippen LogP) is 2.50. The Labute approximate surface area is 124 Å². The fourth-order valence-corrected chi connectivity index (χ4v) is 3.67. The van der Waals surface area contributed by atoms with E-state index < -0.39 is 5.54 Å². The van der Waals surface area contributed by atoms with Crippen molar-refractivity contribution in [3.63, 3.8) is 0 Å². The van der Waals surface area contributed by atoms with Gasteiger partial charge in [0.15, 0.2) is 0 Å². The fourth-order valence-electron chi connectivity index (χ4n) is 3.41. The van der Waals surface area contributed by atoms with E-state index in [-0.39, 0.29) is 5.91 Å². The SMILES string of the molecule is NC(=S)C1(NC(=O)c2ccc3c(c2)CCC3)CCCC1. The first-order valence-corrected chi connectivity index (χ1v) is 7.76. The normalized spacial score (nSPS) is 19.6. The molecule has 1 aromatic rings. The zero-order valence-electron chi connectivity index (χ0n) is 11.6. The molecule has 0 heterocycles. The Bertz CT molecular complexity index is 562. The van der Waals surface area contributed by atoms with E-state index in [2.05, 4.69) is 11.4 Å². The van der Waals surface area contributed by atoms with Crippen molar-refractivity contribution < 1.29 is 4.79 Å². The molecule has 106 valence electrons. The van der Waals surface area contributed by atoms with E-state index in [9.17, 15) is 4.79 Å². The highest BCUT2D eigenvalue weighted by Gasteiger charge is 2.38. The van der Waals surface area contributed by atoms with Crippen LogP contribution >= 0.6 is 12.2 Å². The van der Waals surface area contributed by atoms with Crippen LogP contribution in [-0.2, 0) is 12.8 Å². The van der Waals surface area contributed by atoms with Crippen molar-refractivity contribution in [3.8, 4) is 0 Å². The molecule has 1 saturated carbocycles. The lowest BCUT2D eigenvalue weighted by Crippen LogP contribution is -2.54. The maximum atomic E-state index is 12.5. The van der Waals surface area contributed by atoms with Gasteiger partial charge < -0.3 is 11.1 Å². The molecule has 3 rings (SSSR count). The van der Waals surface area contributed by atoms with Crippen LogP contribution in [0.2, 0.25) is 0 Å². The fraction of sp³-hybridized carbons (Fsp3) is 0.500. The number of rotatable bonds is 3. The smallest absolute Gasteiger partial charge is 0.252 e. The maximum Gasteiger partial charge on any atom is 0.252 e. The van der Waals surface area contributed by atoms with Crippen LogP contribution in [0.1, 0.15) is 53.6 Å². The summed E-state index contributed by atoms with van der Waals surface area (Å²) in [6, 6.07) is 6.03. The summed E-state index contributed by atoms with van der Waals surface area (Å²) in [5.41, 5.74) is 8.82. The molecule has 20 heavy (non-hydrogen) atoms. The highest BCUT2D eigenvalue weighted by atomic mass is 32.1. The average Bonchev–Trinajstić information content (AvgIpc) is 3.06. The first-order valence-electron chi connectivity index (χ1n) is 7.35. The molecule has 1 aromatic carbocycles. The summed E-state index contributed by atoms with van der Waals surface area (Å²) < 4.78 is 0. The van der Waals surface area contributed by atoms with Gasteiger partial charge in [0.05, 0.1) is 10.5 Å². The highest BCUT2D eigenvalue weighted by molar-refractivity contribution is 7.80. The zero-order chi connectivity index (χ0) is 14.2. The molecular weight excluding hydrogens is 268 g/mol. The minimum absolute atomic E-state index is 0.0469. The summed E-state index contributed by atoms with van der Waals surface area (Å²) in [6.45, 7) is 0. The van der Waals surface area contributed by atoms with Crippen molar-refractivity contribution in [2.75, 3.05) is 0 Å². The van der Waals surface area contributed by atoms with Crippen LogP contribution in [0.3, 0.4) is 0 Å². The first kappa shape index (κ1) is 13.6. The van der Waals surface area contributed by atoms with Gasteiger partial charge in [-0.25, -0.2) is 0 Å². The first-order chi connectivity index (χ1) is 9.61. The Morgan fingerprint density at radius 1 is 1.15 bits per heavy atom. The minimum atomic E-state index is -0.467. The Kier molecular flexibility index (Phi) is 3.50. The molecule has 4 heteroatoms. The molecule has 0 spiro atoms. The number of nitrogens with one attached hydrogen (secondary N) is 1. The number of fused-ring (bicyclic) bond motifs is 1. The van der Waals surface area contributed by atoms with E-state index >= 15 is 0 Å². The number of hydrogen-bond acceptors (Lipinski definition) is 2. The van der Waals surface area contributed by atoms with E-state index in [1.165, 1.54) is 17.5 Å². The van der Waals surface area contributed by atoms with Gasteiger partial charge in [-0.15, -0.1) is 0 Å². The van der Waals surface area contributed by atoms with Gasteiger partial charge >= 0.3 is 0 Å². The second kappa shape index (κ2) is 5.17. The van der Waals surface area contributed by atoms with Gasteiger partial charge in [0, 0.05) is 5.56 Å². The number of amides is 1.